The van der Waals surface area contributed by atoms with Crippen molar-refractivity contribution in [3.8, 4) is 0 Å². The molecule has 0 spiro atoms. The molecule has 0 atom stereocenters. The first kappa shape index (κ1) is 10.3. The Labute approximate surface area is 88.5 Å². The molecule has 80 valence electrons. The van der Waals surface area contributed by atoms with E-state index in [4.69, 9.17) is 0 Å². The second-order valence-electron chi connectivity index (χ2n) is 4.99. The van der Waals surface area contributed by atoms with Crippen LogP contribution in [0.25, 0.3) is 0 Å². The van der Waals surface area contributed by atoms with E-state index in [0.29, 0.717) is 13.1 Å². The second-order valence-corrected chi connectivity index (χ2v) is 4.99. The molecule has 2 bridgehead atoms. The normalized spacial score (nSPS) is 37.1. The highest BCUT2D eigenvalue weighted by atomic mass is 16.1. The maximum Gasteiger partial charge on any atom is 0.234 e. The van der Waals surface area contributed by atoms with Gasteiger partial charge < -0.3 is 0 Å². The van der Waals surface area contributed by atoms with Gasteiger partial charge in [-0.15, -0.1) is 0 Å². The summed E-state index contributed by atoms with van der Waals surface area (Å²) in [6.07, 6.45) is 8.70. The third-order valence-corrected chi connectivity index (χ3v) is 4.08. The Balaban J connectivity index is 2.06. The van der Waals surface area contributed by atoms with E-state index in [1.807, 2.05) is 0 Å². The van der Waals surface area contributed by atoms with E-state index in [1.165, 1.54) is 0 Å². The van der Waals surface area contributed by atoms with Gasteiger partial charge in [-0.25, -0.2) is 19.6 Å². The molecule has 2 fully saturated rings. The molecule has 4 nitrogen and oxygen atoms in total. The van der Waals surface area contributed by atoms with Gasteiger partial charge in [0.05, 0.1) is 13.1 Å². The lowest BCUT2D eigenvalue weighted by Gasteiger charge is -2.24. The predicted octanol–water partition coefficient (Wildman–Crippen LogP) is 1.61. The third-order valence-electron chi connectivity index (χ3n) is 4.08. The lowest BCUT2D eigenvalue weighted by molar-refractivity contribution is 0.285. The number of nitrogens with zero attached hydrogens (tertiary/aromatic N) is 2. The zero-order chi connectivity index (χ0) is 10.8. The summed E-state index contributed by atoms with van der Waals surface area (Å²) in [6.45, 7) is 1.20. The van der Waals surface area contributed by atoms with Gasteiger partial charge in [0.1, 0.15) is 0 Å². The minimum Gasteiger partial charge on any atom is -0.211 e. The van der Waals surface area contributed by atoms with Crippen molar-refractivity contribution >= 4 is 12.2 Å². The largest absolute Gasteiger partial charge is 0.234 e. The number of hydrogen-bond acceptors (Lipinski definition) is 4. The van der Waals surface area contributed by atoms with E-state index in [9.17, 15) is 9.59 Å². The van der Waals surface area contributed by atoms with Gasteiger partial charge in [0.2, 0.25) is 12.2 Å². The molecule has 15 heavy (non-hydrogen) atoms. The molecule has 0 unspecified atom stereocenters. The molecule has 0 aromatic rings. The topological polar surface area (TPSA) is 58.9 Å². The Hall–Kier alpha value is -1.24. The van der Waals surface area contributed by atoms with Crippen LogP contribution in [0.3, 0.4) is 0 Å². The van der Waals surface area contributed by atoms with Crippen LogP contribution in [0.4, 0.5) is 0 Å². The Kier molecular flexibility index (Phi) is 2.56. The number of rotatable bonds is 4. The molecule has 0 aliphatic heterocycles. The third kappa shape index (κ3) is 1.79. The predicted molar refractivity (Wildman–Crippen MR) is 53.9 cm³/mol. The van der Waals surface area contributed by atoms with Crippen molar-refractivity contribution in [3.05, 3.63) is 0 Å². The smallest absolute Gasteiger partial charge is 0.211 e. The SMILES string of the molecule is O=C=NCC12CCC(CN=C=O)(CC1)C2. The molecule has 2 aliphatic carbocycles. The number of hydrogen-bond donors (Lipinski definition) is 0. The summed E-state index contributed by atoms with van der Waals surface area (Å²) in [6, 6.07) is 0. The van der Waals surface area contributed by atoms with Crippen LogP contribution in [0.1, 0.15) is 32.1 Å². The molecule has 2 saturated carbocycles. The van der Waals surface area contributed by atoms with Crippen LogP contribution in [0.2, 0.25) is 0 Å². The average Bonchev–Trinajstić information content (AvgIpc) is 2.80. The van der Waals surface area contributed by atoms with Gasteiger partial charge in [-0.05, 0) is 42.9 Å². The van der Waals surface area contributed by atoms with Crippen molar-refractivity contribution in [2.75, 3.05) is 13.1 Å². The van der Waals surface area contributed by atoms with Crippen LogP contribution in [-0.4, -0.2) is 25.2 Å². The monoisotopic (exact) mass is 206 g/mol. The van der Waals surface area contributed by atoms with Crippen LogP contribution >= 0.6 is 0 Å². The van der Waals surface area contributed by atoms with E-state index >= 15 is 0 Å². The average molecular weight is 206 g/mol. The van der Waals surface area contributed by atoms with Gasteiger partial charge >= 0.3 is 0 Å². The fourth-order valence-corrected chi connectivity index (χ4v) is 3.29. The van der Waals surface area contributed by atoms with Crippen LogP contribution in [0.15, 0.2) is 9.98 Å². The van der Waals surface area contributed by atoms with Crippen molar-refractivity contribution in [2.45, 2.75) is 32.1 Å². The molecule has 0 saturated heterocycles. The first-order valence-corrected chi connectivity index (χ1v) is 5.32. The van der Waals surface area contributed by atoms with E-state index in [0.717, 1.165) is 32.1 Å². The Morgan fingerprint density at radius 1 is 0.867 bits per heavy atom. The quantitative estimate of drug-likeness (QED) is 0.518. The Morgan fingerprint density at radius 2 is 1.27 bits per heavy atom. The zero-order valence-corrected chi connectivity index (χ0v) is 8.66. The highest BCUT2D eigenvalue weighted by Crippen LogP contribution is 2.61. The van der Waals surface area contributed by atoms with Crippen LogP contribution in [-0.2, 0) is 9.59 Å². The van der Waals surface area contributed by atoms with Crippen molar-refractivity contribution in [1.82, 2.24) is 0 Å². The van der Waals surface area contributed by atoms with E-state index in [-0.39, 0.29) is 10.8 Å². The highest BCUT2D eigenvalue weighted by Gasteiger charge is 2.53. The zero-order valence-electron chi connectivity index (χ0n) is 8.66. The summed E-state index contributed by atoms with van der Waals surface area (Å²) in [4.78, 5) is 27.7. The minimum absolute atomic E-state index is 0.204. The maximum absolute atomic E-state index is 10.1. The molecule has 0 amide bonds. The lowest BCUT2D eigenvalue weighted by atomic mass is 9.82. The molecule has 0 radical (unpaired) electrons. The van der Waals surface area contributed by atoms with E-state index in [2.05, 4.69) is 9.98 Å². The number of isocyanates is 2. The first-order valence-electron chi connectivity index (χ1n) is 5.32. The summed E-state index contributed by atoms with van der Waals surface area (Å²) in [7, 11) is 0. The summed E-state index contributed by atoms with van der Waals surface area (Å²) >= 11 is 0. The summed E-state index contributed by atoms with van der Waals surface area (Å²) in [5.41, 5.74) is 0.408. The fraction of sp³-hybridized carbons (Fsp3) is 0.818. The van der Waals surface area contributed by atoms with Crippen molar-refractivity contribution < 1.29 is 9.59 Å². The fourth-order valence-electron chi connectivity index (χ4n) is 3.29. The molecule has 2 aliphatic rings. The molecule has 0 heterocycles. The molecule has 4 heteroatoms. The second kappa shape index (κ2) is 3.73. The molecular weight excluding hydrogens is 192 g/mol. The van der Waals surface area contributed by atoms with Gasteiger partial charge in [-0.2, -0.15) is 0 Å². The van der Waals surface area contributed by atoms with Crippen LogP contribution in [0, 0.1) is 10.8 Å². The number of carbonyl (C=O) groups excluding carboxylic acids is 2. The number of aliphatic imine (C=N–C) groups is 2. The molecule has 0 N–H and O–H groups in total. The highest BCUT2D eigenvalue weighted by molar-refractivity contribution is 5.34. The maximum atomic E-state index is 10.1. The standard InChI is InChI=1S/C11H14N2O2/c14-8-12-6-10-1-2-11(5-10,4-3-10)7-13-9-15/h1-7H2. The van der Waals surface area contributed by atoms with Crippen LogP contribution < -0.4 is 0 Å². The molecule has 0 aromatic heterocycles. The van der Waals surface area contributed by atoms with Gasteiger partial charge in [-0.3, -0.25) is 0 Å². The summed E-state index contributed by atoms with van der Waals surface area (Å²) in [5.74, 6) is 0. The summed E-state index contributed by atoms with van der Waals surface area (Å²) < 4.78 is 0. The van der Waals surface area contributed by atoms with Crippen molar-refractivity contribution in [1.29, 1.82) is 0 Å². The van der Waals surface area contributed by atoms with Crippen molar-refractivity contribution in [2.24, 2.45) is 20.8 Å². The molecular formula is C11H14N2O2. The summed E-state index contributed by atoms with van der Waals surface area (Å²) in [5, 5.41) is 0. The van der Waals surface area contributed by atoms with Gasteiger partial charge in [0.25, 0.3) is 0 Å². The van der Waals surface area contributed by atoms with E-state index in [1.54, 1.807) is 12.2 Å². The Morgan fingerprint density at radius 3 is 1.60 bits per heavy atom. The number of fused-ring (bicyclic) bond motifs is 2. The van der Waals surface area contributed by atoms with Gasteiger partial charge in [0.15, 0.2) is 0 Å². The lowest BCUT2D eigenvalue weighted by Crippen LogP contribution is -2.18. The molecule has 2 rings (SSSR count). The van der Waals surface area contributed by atoms with Gasteiger partial charge in [-0.1, -0.05) is 0 Å². The molecule has 0 aromatic carbocycles. The van der Waals surface area contributed by atoms with E-state index < -0.39 is 0 Å². The minimum atomic E-state index is 0.204. The van der Waals surface area contributed by atoms with Crippen LogP contribution in [0.5, 0.6) is 0 Å². The first-order chi connectivity index (χ1) is 7.24. The van der Waals surface area contributed by atoms with Crippen molar-refractivity contribution in [3.63, 3.8) is 0 Å². The Bertz CT molecular complexity index is 310. The van der Waals surface area contributed by atoms with Gasteiger partial charge in [0, 0.05) is 0 Å².